The normalized spacial score (nSPS) is 25.4. The Morgan fingerprint density at radius 3 is 2.41 bits per heavy atom. The van der Waals surface area contributed by atoms with Gasteiger partial charge in [-0.05, 0) is 38.4 Å². The van der Waals surface area contributed by atoms with E-state index in [4.69, 9.17) is 0 Å². The molecule has 0 aromatic heterocycles. The molecule has 3 nitrogen and oxygen atoms in total. The maximum absolute atomic E-state index is 3.50. The quantitative estimate of drug-likeness (QED) is 0.729. The Kier molecular flexibility index (Phi) is 5.90. The van der Waals surface area contributed by atoms with Crippen LogP contribution in [0.25, 0.3) is 0 Å². The predicted octanol–water partition coefficient (Wildman–Crippen LogP) is 1.51. The van der Waals surface area contributed by atoms with Crippen LogP contribution in [0.3, 0.4) is 0 Å². The van der Waals surface area contributed by atoms with Gasteiger partial charge in [0.25, 0.3) is 0 Å². The van der Waals surface area contributed by atoms with Crippen LogP contribution >= 0.6 is 0 Å². The lowest BCUT2D eigenvalue weighted by Crippen LogP contribution is -2.42. The molecule has 1 atom stereocenters. The van der Waals surface area contributed by atoms with E-state index in [0.717, 1.165) is 12.5 Å². The fourth-order valence-corrected chi connectivity index (χ4v) is 2.64. The second-order valence-corrected chi connectivity index (χ2v) is 6.67. The molecule has 0 bridgehead atoms. The molecule has 0 amide bonds. The van der Waals surface area contributed by atoms with Crippen LogP contribution in [0.2, 0.25) is 0 Å². The third-order valence-electron chi connectivity index (χ3n) is 3.55. The van der Waals surface area contributed by atoms with Crippen molar-refractivity contribution in [2.45, 2.75) is 27.2 Å². The van der Waals surface area contributed by atoms with E-state index in [2.05, 4.69) is 50.0 Å². The molecule has 1 N–H and O–H groups in total. The molecule has 1 heterocycles. The highest BCUT2D eigenvalue weighted by Crippen LogP contribution is 2.25. The number of likely N-dealkylation sites (N-methyl/N-ethyl adjacent to an activating group) is 1. The van der Waals surface area contributed by atoms with Gasteiger partial charge in [-0.1, -0.05) is 20.8 Å². The molecule has 1 rings (SSSR count). The average molecular weight is 241 g/mol. The molecule has 1 saturated heterocycles. The molecule has 1 unspecified atom stereocenters. The molecule has 0 spiro atoms. The summed E-state index contributed by atoms with van der Waals surface area (Å²) in [6.07, 6.45) is 1.32. The summed E-state index contributed by atoms with van der Waals surface area (Å²) in [5.74, 6) is 0.759. The second kappa shape index (κ2) is 6.72. The van der Waals surface area contributed by atoms with Gasteiger partial charge in [-0.25, -0.2) is 0 Å². The van der Waals surface area contributed by atoms with Crippen LogP contribution in [0.1, 0.15) is 27.2 Å². The van der Waals surface area contributed by atoms with Crippen molar-refractivity contribution in [1.82, 2.24) is 15.1 Å². The first kappa shape index (κ1) is 14.9. The molecule has 1 aliphatic heterocycles. The van der Waals surface area contributed by atoms with Gasteiger partial charge in [0.2, 0.25) is 0 Å². The third-order valence-corrected chi connectivity index (χ3v) is 3.55. The SMILES string of the molecule is CC(C)CN(CCN(C)C)CC1(C)CCNC1. The summed E-state index contributed by atoms with van der Waals surface area (Å²) in [6, 6.07) is 0. The van der Waals surface area contributed by atoms with Crippen molar-refractivity contribution in [3.8, 4) is 0 Å². The van der Waals surface area contributed by atoms with Gasteiger partial charge in [0, 0.05) is 32.7 Å². The molecule has 102 valence electrons. The van der Waals surface area contributed by atoms with Gasteiger partial charge < -0.3 is 15.1 Å². The molecule has 0 aromatic carbocycles. The largest absolute Gasteiger partial charge is 0.316 e. The lowest BCUT2D eigenvalue weighted by atomic mass is 9.89. The zero-order valence-corrected chi connectivity index (χ0v) is 12.4. The van der Waals surface area contributed by atoms with Crippen molar-refractivity contribution in [3.05, 3.63) is 0 Å². The average Bonchev–Trinajstić information content (AvgIpc) is 2.60. The Hall–Kier alpha value is -0.120. The number of hydrogen-bond donors (Lipinski definition) is 1. The van der Waals surface area contributed by atoms with E-state index in [1.807, 2.05) is 0 Å². The van der Waals surface area contributed by atoms with Crippen molar-refractivity contribution < 1.29 is 0 Å². The summed E-state index contributed by atoms with van der Waals surface area (Å²) in [5, 5.41) is 3.50. The van der Waals surface area contributed by atoms with Gasteiger partial charge in [0.1, 0.15) is 0 Å². The molecule has 17 heavy (non-hydrogen) atoms. The number of rotatable bonds is 7. The summed E-state index contributed by atoms with van der Waals surface area (Å²) in [7, 11) is 4.32. The Balaban J connectivity index is 2.44. The first-order valence-electron chi connectivity index (χ1n) is 6.99. The molecule has 1 aliphatic rings. The van der Waals surface area contributed by atoms with Crippen molar-refractivity contribution in [2.24, 2.45) is 11.3 Å². The maximum atomic E-state index is 3.50. The zero-order chi connectivity index (χ0) is 12.9. The maximum Gasteiger partial charge on any atom is 0.0109 e. The van der Waals surface area contributed by atoms with E-state index >= 15 is 0 Å². The minimum absolute atomic E-state index is 0.487. The van der Waals surface area contributed by atoms with Crippen LogP contribution in [0.4, 0.5) is 0 Å². The molecule has 0 saturated carbocycles. The highest BCUT2D eigenvalue weighted by molar-refractivity contribution is 4.87. The molecule has 3 heteroatoms. The lowest BCUT2D eigenvalue weighted by molar-refractivity contribution is 0.151. The van der Waals surface area contributed by atoms with E-state index in [0.29, 0.717) is 5.41 Å². The van der Waals surface area contributed by atoms with E-state index in [1.54, 1.807) is 0 Å². The Morgan fingerprint density at radius 1 is 1.24 bits per heavy atom. The summed E-state index contributed by atoms with van der Waals surface area (Å²) in [5.41, 5.74) is 0.487. The first-order chi connectivity index (χ1) is 7.91. The molecule has 0 aromatic rings. The fraction of sp³-hybridized carbons (Fsp3) is 1.00. The first-order valence-corrected chi connectivity index (χ1v) is 6.99. The highest BCUT2D eigenvalue weighted by Gasteiger charge is 2.30. The summed E-state index contributed by atoms with van der Waals surface area (Å²) in [4.78, 5) is 4.93. The van der Waals surface area contributed by atoms with Crippen LogP contribution in [-0.2, 0) is 0 Å². The fourth-order valence-electron chi connectivity index (χ4n) is 2.64. The van der Waals surface area contributed by atoms with E-state index < -0.39 is 0 Å². The summed E-state index contributed by atoms with van der Waals surface area (Å²) >= 11 is 0. The van der Waals surface area contributed by atoms with Crippen molar-refractivity contribution in [2.75, 3.05) is 53.4 Å². The Bertz CT molecular complexity index is 208. The second-order valence-electron chi connectivity index (χ2n) is 6.67. The third kappa shape index (κ3) is 5.84. The monoisotopic (exact) mass is 241 g/mol. The van der Waals surface area contributed by atoms with Crippen LogP contribution in [0.5, 0.6) is 0 Å². The van der Waals surface area contributed by atoms with Gasteiger partial charge >= 0.3 is 0 Å². The number of hydrogen-bond acceptors (Lipinski definition) is 3. The molecule has 0 radical (unpaired) electrons. The number of nitrogens with zero attached hydrogens (tertiary/aromatic N) is 2. The molecular weight excluding hydrogens is 210 g/mol. The summed E-state index contributed by atoms with van der Waals surface area (Å²) in [6.45, 7) is 14.3. The van der Waals surface area contributed by atoms with Crippen molar-refractivity contribution in [1.29, 1.82) is 0 Å². The van der Waals surface area contributed by atoms with E-state index in [1.165, 1.54) is 39.1 Å². The summed E-state index contributed by atoms with van der Waals surface area (Å²) < 4.78 is 0. The van der Waals surface area contributed by atoms with E-state index in [-0.39, 0.29) is 0 Å². The minimum Gasteiger partial charge on any atom is -0.316 e. The van der Waals surface area contributed by atoms with E-state index in [9.17, 15) is 0 Å². The van der Waals surface area contributed by atoms with Crippen LogP contribution in [-0.4, -0.2) is 63.2 Å². The van der Waals surface area contributed by atoms with Gasteiger partial charge in [-0.3, -0.25) is 0 Å². The topological polar surface area (TPSA) is 18.5 Å². The van der Waals surface area contributed by atoms with Crippen LogP contribution in [0.15, 0.2) is 0 Å². The molecule has 0 aliphatic carbocycles. The Labute approximate surface area is 108 Å². The molecular formula is C14H31N3. The number of nitrogens with one attached hydrogen (secondary N) is 1. The van der Waals surface area contributed by atoms with Crippen molar-refractivity contribution in [3.63, 3.8) is 0 Å². The lowest BCUT2D eigenvalue weighted by Gasteiger charge is -2.33. The minimum atomic E-state index is 0.487. The van der Waals surface area contributed by atoms with Gasteiger partial charge in [0.15, 0.2) is 0 Å². The molecule has 1 fully saturated rings. The van der Waals surface area contributed by atoms with Crippen LogP contribution < -0.4 is 5.32 Å². The van der Waals surface area contributed by atoms with Crippen LogP contribution in [0, 0.1) is 11.3 Å². The standard InChI is InChI=1S/C14H31N3/c1-13(2)10-17(9-8-16(4)5)12-14(3)6-7-15-11-14/h13,15H,6-12H2,1-5H3. The smallest absolute Gasteiger partial charge is 0.0109 e. The van der Waals surface area contributed by atoms with Gasteiger partial charge in [0.05, 0.1) is 0 Å². The predicted molar refractivity (Wildman–Crippen MR) is 75.4 cm³/mol. The van der Waals surface area contributed by atoms with Gasteiger partial charge in [-0.2, -0.15) is 0 Å². The van der Waals surface area contributed by atoms with Crippen molar-refractivity contribution >= 4 is 0 Å². The highest BCUT2D eigenvalue weighted by atomic mass is 15.2. The van der Waals surface area contributed by atoms with Gasteiger partial charge in [-0.15, -0.1) is 0 Å². The Morgan fingerprint density at radius 2 is 1.94 bits per heavy atom. The zero-order valence-electron chi connectivity index (χ0n) is 12.4.